The SMILES string of the molecule is COc1ccc(-c2nnc([C@H](C)OC(=O)Cc3c(C)nc4ncnn4c3C)o2)cc1. The maximum absolute atomic E-state index is 12.5. The minimum Gasteiger partial charge on any atom is -0.497 e. The smallest absolute Gasteiger partial charge is 0.311 e. The molecule has 0 aliphatic rings. The Kier molecular flexibility index (Phi) is 5.13. The highest BCUT2D eigenvalue weighted by atomic mass is 16.6. The highest BCUT2D eigenvalue weighted by molar-refractivity contribution is 5.73. The fourth-order valence-electron chi connectivity index (χ4n) is 3.09. The van der Waals surface area contributed by atoms with Crippen molar-refractivity contribution in [1.29, 1.82) is 0 Å². The number of methoxy groups -OCH3 is 1. The van der Waals surface area contributed by atoms with Crippen molar-refractivity contribution < 1.29 is 18.7 Å². The lowest BCUT2D eigenvalue weighted by Gasteiger charge is -2.12. The maximum atomic E-state index is 12.5. The van der Waals surface area contributed by atoms with Crippen molar-refractivity contribution in [3.63, 3.8) is 0 Å². The average Bonchev–Trinajstić information content (AvgIpc) is 3.41. The zero-order valence-corrected chi connectivity index (χ0v) is 17.0. The van der Waals surface area contributed by atoms with Crippen molar-refractivity contribution in [3.05, 3.63) is 53.4 Å². The Morgan fingerprint density at radius 1 is 1.20 bits per heavy atom. The van der Waals surface area contributed by atoms with Gasteiger partial charge in [-0.2, -0.15) is 10.1 Å². The summed E-state index contributed by atoms with van der Waals surface area (Å²) in [6.45, 7) is 5.37. The van der Waals surface area contributed by atoms with Crippen LogP contribution in [-0.2, 0) is 16.0 Å². The molecule has 3 aromatic heterocycles. The van der Waals surface area contributed by atoms with Crippen LogP contribution >= 0.6 is 0 Å². The van der Waals surface area contributed by atoms with Crippen LogP contribution in [0.25, 0.3) is 17.2 Å². The number of carbonyl (C=O) groups excluding carboxylic acids is 1. The number of ether oxygens (including phenoxy) is 2. The molecule has 0 unspecified atom stereocenters. The van der Waals surface area contributed by atoms with Gasteiger partial charge in [0.05, 0.1) is 13.5 Å². The van der Waals surface area contributed by atoms with Crippen LogP contribution in [0.2, 0.25) is 0 Å². The van der Waals surface area contributed by atoms with Gasteiger partial charge in [0.2, 0.25) is 5.89 Å². The van der Waals surface area contributed by atoms with Crippen LogP contribution < -0.4 is 4.74 Å². The van der Waals surface area contributed by atoms with Crippen molar-refractivity contribution >= 4 is 11.7 Å². The van der Waals surface area contributed by atoms with Gasteiger partial charge in [-0.1, -0.05) is 0 Å². The number of benzene rings is 1. The van der Waals surface area contributed by atoms with E-state index in [1.54, 1.807) is 30.7 Å². The molecule has 10 nitrogen and oxygen atoms in total. The summed E-state index contributed by atoms with van der Waals surface area (Å²) in [5.74, 6) is 1.34. The molecule has 0 aliphatic carbocycles. The Bertz CT molecular complexity index is 1200. The number of hydrogen-bond acceptors (Lipinski definition) is 9. The van der Waals surface area contributed by atoms with E-state index in [-0.39, 0.29) is 12.3 Å². The first kappa shape index (κ1) is 19.5. The standard InChI is InChI=1S/C20H20N6O4/c1-11-16(12(2)26-20(23-11)21-10-22-26)9-17(27)29-13(3)18-24-25-19(30-18)14-5-7-15(28-4)8-6-14/h5-8,10,13H,9H2,1-4H3/t13-/m0/s1. The van der Waals surface area contributed by atoms with E-state index in [1.165, 1.54) is 6.33 Å². The first-order valence-corrected chi connectivity index (χ1v) is 9.29. The van der Waals surface area contributed by atoms with Gasteiger partial charge in [0, 0.05) is 22.5 Å². The molecular formula is C20H20N6O4. The van der Waals surface area contributed by atoms with Crippen LogP contribution in [0.5, 0.6) is 5.75 Å². The fourth-order valence-corrected chi connectivity index (χ4v) is 3.09. The van der Waals surface area contributed by atoms with Crippen LogP contribution in [0.15, 0.2) is 35.0 Å². The second kappa shape index (κ2) is 7.90. The van der Waals surface area contributed by atoms with E-state index in [4.69, 9.17) is 13.9 Å². The number of nitrogens with zero attached hydrogens (tertiary/aromatic N) is 6. The molecule has 10 heteroatoms. The van der Waals surface area contributed by atoms with Gasteiger partial charge in [0.1, 0.15) is 12.1 Å². The number of carbonyl (C=O) groups is 1. The largest absolute Gasteiger partial charge is 0.497 e. The molecule has 0 amide bonds. The Hall–Kier alpha value is -3.82. The molecule has 0 bridgehead atoms. The van der Waals surface area contributed by atoms with Crippen LogP contribution in [0.4, 0.5) is 0 Å². The van der Waals surface area contributed by atoms with Gasteiger partial charge in [-0.25, -0.2) is 9.50 Å². The van der Waals surface area contributed by atoms with Gasteiger partial charge < -0.3 is 13.9 Å². The van der Waals surface area contributed by atoms with Gasteiger partial charge in [0.25, 0.3) is 11.7 Å². The third-order valence-corrected chi connectivity index (χ3v) is 4.74. The first-order chi connectivity index (χ1) is 14.5. The van der Waals surface area contributed by atoms with Crippen molar-refractivity contribution in [3.8, 4) is 17.2 Å². The fraction of sp³-hybridized carbons (Fsp3) is 0.300. The number of aryl methyl sites for hydroxylation is 2. The second-order valence-corrected chi connectivity index (χ2v) is 6.72. The second-order valence-electron chi connectivity index (χ2n) is 6.72. The summed E-state index contributed by atoms with van der Waals surface area (Å²) in [4.78, 5) is 21.0. The van der Waals surface area contributed by atoms with Gasteiger partial charge in [-0.05, 0) is 45.0 Å². The zero-order valence-electron chi connectivity index (χ0n) is 17.0. The lowest BCUT2D eigenvalue weighted by Crippen LogP contribution is -2.15. The predicted molar refractivity (Wildman–Crippen MR) is 105 cm³/mol. The summed E-state index contributed by atoms with van der Waals surface area (Å²) in [6.07, 6.45) is 0.778. The summed E-state index contributed by atoms with van der Waals surface area (Å²) in [6, 6.07) is 7.22. The summed E-state index contributed by atoms with van der Waals surface area (Å²) in [7, 11) is 1.60. The summed E-state index contributed by atoms with van der Waals surface area (Å²) in [5, 5.41) is 12.2. The molecule has 0 spiro atoms. The van der Waals surface area contributed by atoms with Gasteiger partial charge in [0.15, 0.2) is 6.10 Å². The van der Waals surface area contributed by atoms with Gasteiger partial charge in [-0.15, -0.1) is 10.2 Å². The molecule has 154 valence electrons. The van der Waals surface area contributed by atoms with E-state index >= 15 is 0 Å². The molecule has 3 heterocycles. The van der Waals surface area contributed by atoms with Crippen molar-refractivity contribution in [2.75, 3.05) is 7.11 Å². The van der Waals surface area contributed by atoms with Crippen LogP contribution in [-0.4, -0.2) is 42.9 Å². The molecule has 1 aromatic carbocycles. The predicted octanol–water partition coefficient (Wildman–Crippen LogP) is 2.65. The molecule has 0 radical (unpaired) electrons. The molecule has 1 atom stereocenters. The van der Waals surface area contributed by atoms with E-state index in [9.17, 15) is 4.79 Å². The molecular weight excluding hydrogens is 388 g/mol. The summed E-state index contributed by atoms with van der Waals surface area (Å²) >= 11 is 0. The molecule has 0 aliphatic heterocycles. The van der Waals surface area contributed by atoms with Crippen LogP contribution in [0.3, 0.4) is 0 Å². The average molecular weight is 408 g/mol. The van der Waals surface area contributed by atoms with E-state index < -0.39 is 12.1 Å². The van der Waals surface area contributed by atoms with Crippen molar-refractivity contribution in [1.82, 2.24) is 29.8 Å². The number of hydrogen-bond donors (Lipinski definition) is 0. The first-order valence-electron chi connectivity index (χ1n) is 9.29. The lowest BCUT2D eigenvalue weighted by atomic mass is 10.1. The number of aromatic nitrogens is 6. The molecule has 30 heavy (non-hydrogen) atoms. The quantitative estimate of drug-likeness (QED) is 0.444. The Labute approximate surface area is 171 Å². The lowest BCUT2D eigenvalue weighted by molar-refractivity contribution is -0.148. The minimum atomic E-state index is -0.694. The van der Waals surface area contributed by atoms with Crippen LogP contribution in [0.1, 0.15) is 35.9 Å². The summed E-state index contributed by atoms with van der Waals surface area (Å²) < 4.78 is 17.9. The molecule has 0 fully saturated rings. The highest BCUT2D eigenvalue weighted by Crippen LogP contribution is 2.24. The van der Waals surface area contributed by atoms with Crippen LogP contribution in [0, 0.1) is 13.8 Å². The van der Waals surface area contributed by atoms with E-state index in [2.05, 4.69) is 25.3 Å². The van der Waals surface area contributed by atoms with E-state index in [0.29, 0.717) is 17.4 Å². The molecule has 0 saturated heterocycles. The summed E-state index contributed by atoms with van der Waals surface area (Å²) in [5.41, 5.74) is 2.98. The normalized spacial score (nSPS) is 12.1. The molecule has 0 saturated carbocycles. The molecule has 0 N–H and O–H groups in total. The number of esters is 1. The third kappa shape index (κ3) is 3.71. The Morgan fingerprint density at radius 3 is 2.70 bits per heavy atom. The topological polar surface area (TPSA) is 118 Å². The van der Waals surface area contributed by atoms with E-state index in [1.807, 2.05) is 26.0 Å². The van der Waals surface area contributed by atoms with Gasteiger partial charge >= 0.3 is 5.97 Å². The highest BCUT2D eigenvalue weighted by Gasteiger charge is 2.21. The molecule has 4 rings (SSSR count). The monoisotopic (exact) mass is 408 g/mol. The van der Waals surface area contributed by atoms with Crippen molar-refractivity contribution in [2.24, 2.45) is 0 Å². The number of rotatable bonds is 6. The Balaban J connectivity index is 1.46. The zero-order chi connectivity index (χ0) is 21.3. The molecule has 4 aromatic rings. The number of fused-ring (bicyclic) bond motifs is 1. The third-order valence-electron chi connectivity index (χ3n) is 4.74. The van der Waals surface area contributed by atoms with E-state index in [0.717, 1.165) is 22.6 Å². The Morgan fingerprint density at radius 2 is 1.97 bits per heavy atom. The van der Waals surface area contributed by atoms with Gasteiger partial charge in [-0.3, -0.25) is 4.79 Å². The van der Waals surface area contributed by atoms with Crippen molar-refractivity contribution in [2.45, 2.75) is 33.3 Å². The minimum absolute atomic E-state index is 0.0459. The maximum Gasteiger partial charge on any atom is 0.311 e.